The summed E-state index contributed by atoms with van der Waals surface area (Å²) in [7, 11) is 5.62. The number of rotatable bonds is 0. The highest BCUT2D eigenvalue weighted by molar-refractivity contribution is 9.11. The number of hydrogen-bond acceptors (Lipinski definition) is 1. The van der Waals surface area contributed by atoms with Crippen LogP contribution in [0.2, 0.25) is 0 Å². The van der Waals surface area contributed by atoms with E-state index in [0.717, 1.165) is 13.7 Å². The largest absolute Gasteiger partial charge is 0.133 e. The lowest BCUT2D eigenvalue weighted by Gasteiger charge is -1.86. The summed E-state index contributed by atoms with van der Waals surface area (Å²) < 4.78 is 2.02. The molecule has 46 valence electrons. The van der Waals surface area contributed by atoms with Gasteiger partial charge in [0, 0.05) is 9.35 Å². The Labute approximate surface area is 76.3 Å². The first-order valence-corrected chi connectivity index (χ1v) is 4.73. The zero-order valence-corrected chi connectivity index (χ0v) is 8.73. The van der Waals surface area contributed by atoms with Gasteiger partial charge in [0.05, 0.1) is 3.79 Å². The first-order valence-electron chi connectivity index (χ1n) is 2.32. The number of thiophene rings is 1. The molecule has 2 radical (unpaired) electrons. The summed E-state index contributed by atoms with van der Waals surface area (Å²) >= 11 is 8.33. The smallest absolute Gasteiger partial charge is 0.118 e. The molecule has 0 saturated heterocycles. The van der Waals surface area contributed by atoms with E-state index in [2.05, 4.69) is 31.9 Å². The van der Waals surface area contributed by atoms with Crippen LogP contribution in [0.4, 0.5) is 0 Å². The van der Waals surface area contributed by atoms with Gasteiger partial charge in [-0.25, -0.2) is 0 Å². The van der Waals surface area contributed by atoms with Gasteiger partial charge in [0.15, 0.2) is 0 Å². The fourth-order valence-electron chi connectivity index (χ4n) is 0.510. The molecule has 9 heavy (non-hydrogen) atoms. The average molecular weight is 266 g/mol. The zero-order chi connectivity index (χ0) is 7.02. The summed E-state index contributed by atoms with van der Waals surface area (Å²) in [5.41, 5.74) is 0.803. The molecule has 0 aliphatic carbocycles. The van der Waals surface area contributed by atoms with E-state index in [1.165, 1.54) is 4.88 Å². The Kier molecular flexibility index (Phi) is 2.40. The molecule has 0 amide bonds. The highest BCUT2D eigenvalue weighted by atomic mass is 79.9. The molecule has 0 bridgehead atoms. The first kappa shape index (κ1) is 7.83. The van der Waals surface area contributed by atoms with Crippen molar-refractivity contribution < 1.29 is 0 Å². The molecule has 1 aromatic rings. The fourth-order valence-corrected chi connectivity index (χ4v) is 2.96. The van der Waals surface area contributed by atoms with Crippen molar-refractivity contribution in [2.75, 3.05) is 0 Å². The van der Waals surface area contributed by atoms with Crippen LogP contribution in [-0.2, 0) is 0 Å². The first-order chi connectivity index (χ1) is 4.13. The van der Waals surface area contributed by atoms with Gasteiger partial charge in [0.25, 0.3) is 0 Å². The van der Waals surface area contributed by atoms with Crippen LogP contribution >= 0.6 is 43.2 Å². The molecule has 0 fully saturated rings. The predicted molar refractivity (Wildman–Crippen MR) is 49.8 cm³/mol. The van der Waals surface area contributed by atoms with Crippen molar-refractivity contribution in [3.8, 4) is 0 Å². The van der Waals surface area contributed by atoms with Gasteiger partial charge in [-0.2, -0.15) is 0 Å². The van der Waals surface area contributed by atoms with E-state index in [4.69, 9.17) is 7.85 Å². The van der Waals surface area contributed by atoms with E-state index < -0.39 is 0 Å². The minimum absolute atomic E-state index is 0.803. The van der Waals surface area contributed by atoms with E-state index in [-0.39, 0.29) is 0 Å². The van der Waals surface area contributed by atoms with Crippen LogP contribution in [0.15, 0.2) is 8.26 Å². The molecule has 0 saturated carbocycles. The summed E-state index contributed by atoms with van der Waals surface area (Å²) in [5.74, 6) is 0. The maximum absolute atomic E-state index is 5.62. The highest BCUT2D eigenvalue weighted by Gasteiger charge is 2.04. The molecule has 0 nitrogen and oxygen atoms in total. The van der Waals surface area contributed by atoms with Gasteiger partial charge < -0.3 is 0 Å². The van der Waals surface area contributed by atoms with Crippen LogP contribution in [0, 0.1) is 6.92 Å². The van der Waals surface area contributed by atoms with Gasteiger partial charge in [-0.05, 0) is 22.9 Å². The van der Waals surface area contributed by atoms with Crippen molar-refractivity contribution in [2.24, 2.45) is 0 Å². The van der Waals surface area contributed by atoms with Crippen LogP contribution < -0.4 is 5.46 Å². The molecule has 4 heteroatoms. The standard InChI is InChI=1S/C5H3BBr2S/c1-2-4(7)3(6)5(8)9-2/h1H3. The zero-order valence-electron chi connectivity index (χ0n) is 4.74. The minimum atomic E-state index is 0.803. The molecule has 1 heterocycles. The quantitative estimate of drug-likeness (QED) is 0.632. The van der Waals surface area contributed by atoms with E-state index in [1.807, 2.05) is 6.92 Å². The van der Waals surface area contributed by atoms with Gasteiger partial charge >= 0.3 is 0 Å². The summed E-state index contributed by atoms with van der Waals surface area (Å²) in [4.78, 5) is 1.21. The van der Waals surface area contributed by atoms with Crippen molar-refractivity contribution in [2.45, 2.75) is 6.92 Å². The summed E-state index contributed by atoms with van der Waals surface area (Å²) in [6.45, 7) is 2.02. The molecule has 0 aliphatic rings. The Morgan fingerprint density at radius 1 is 1.44 bits per heavy atom. The highest BCUT2D eigenvalue weighted by Crippen LogP contribution is 2.26. The molecular formula is C5H3BBr2S. The monoisotopic (exact) mass is 264 g/mol. The lowest BCUT2D eigenvalue weighted by molar-refractivity contribution is 1.61. The van der Waals surface area contributed by atoms with Crippen molar-refractivity contribution >= 4 is 56.5 Å². The average Bonchev–Trinajstić information content (AvgIpc) is 1.98. The summed E-state index contributed by atoms with van der Waals surface area (Å²) in [6, 6.07) is 0. The molecule has 0 atom stereocenters. The summed E-state index contributed by atoms with van der Waals surface area (Å²) in [6.07, 6.45) is 0. The Morgan fingerprint density at radius 3 is 2.11 bits per heavy atom. The second kappa shape index (κ2) is 2.76. The Bertz CT molecular complexity index is 209. The molecule has 0 aliphatic heterocycles. The van der Waals surface area contributed by atoms with Gasteiger partial charge in [0.2, 0.25) is 0 Å². The van der Waals surface area contributed by atoms with Crippen molar-refractivity contribution in [3.63, 3.8) is 0 Å². The predicted octanol–water partition coefficient (Wildman–Crippen LogP) is 2.38. The second-order valence-corrected chi connectivity index (χ2v) is 5.00. The lowest BCUT2D eigenvalue weighted by Crippen LogP contribution is -2.00. The number of halogens is 2. The van der Waals surface area contributed by atoms with Gasteiger partial charge in [-0.3, -0.25) is 0 Å². The minimum Gasteiger partial charge on any atom is -0.133 e. The SMILES string of the molecule is [B]c1c(Br)sc(C)c1Br. The summed E-state index contributed by atoms with van der Waals surface area (Å²) in [5, 5.41) is 0. The fraction of sp³-hybridized carbons (Fsp3) is 0.200. The third kappa shape index (κ3) is 1.41. The Hall–Kier alpha value is 0.725. The number of aryl methyl sites for hydroxylation is 1. The molecule has 1 rings (SSSR count). The topological polar surface area (TPSA) is 0 Å². The van der Waals surface area contributed by atoms with Crippen LogP contribution in [0.1, 0.15) is 4.88 Å². The maximum atomic E-state index is 5.62. The second-order valence-electron chi connectivity index (χ2n) is 1.66. The van der Waals surface area contributed by atoms with E-state index in [9.17, 15) is 0 Å². The molecule has 0 N–H and O–H groups in total. The van der Waals surface area contributed by atoms with Crippen LogP contribution in [0.3, 0.4) is 0 Å². The van der Waals surface area contributed by atoms with Crippen LogP contribution in [0.25, 0.3) is 0 Å². The lowest BCUT2D eigenvalue weighted by atomic mass is 10.0. The molecule has 1 aromatic heterocycles. The molecular weight excluding hydrogens is 263 g/mol. The molecule has 0 spiro atoms. The normalized spacial score (nSPS) is 10.1. The number of hydrogen-bond donors (Lipinski definition) is 0. The van der Waals surface area contributed by atoms with E-state index in [1.54, 1.807) is 11.3 Å². The third-order valence-electron chi connectivity index (χ3n) is 1.00. The van der Waals surface area contributed by atoms with Gasteiger partial charge in [0.1, 0.15) is 7.85 Å². The van der Waals surface area contributed by atoms with Gasteiger partial charge in [-0.1, -0.05) is 21.4 Å². The van der Waals surface area contributed by atoms with Crippen molar-refractivity contribution in [1.82, 2.24) is 0 Å². The van der Waals surface area contributed by atoms with Crippen molar-refractivity contribution in [1.29, 1.82) is 0 Å². The van der Waals surface area contributed by atoms with E-state index >= 15 is 0 Å². The Morgan fingerprint density at radius 2 is 2.00 bits per heavy atom. The molecule has 0 aromatic carbocycles. The van der Waals surface area contributed by atoms with Crippen molar-refractivity contribution in [3.05, 3.63) is 13.1 Å². The van der Waals surface area contributed by atoms with Crippen LogP contribution in [0.5, 0.6) is 0 Å². The van der Waals surface area contributed by atoms with E-state index in [0.29, 0.717) is 0 Å². The van der Waals surface area contributed by atoms with Gasteiger partial charge in [-0.15, -0.1) is 11.3 Å². The Balaban J connectivity index is 3.29. The molecule has 0 unspecified atom stereocenters. The maximum Gasteiger partial charge on any atom is 0.118 e. The van der Waals surface area contributed by atoms with Crippen LogP contribution in [-0.4, -0.2) is 7.85 Å². The third-order valence-corrected chi connectivity index (χ3v) is 4.11.